The number of aliphatic hydroxyl groups excluding tert-OH is 1. The Labute approximate surface area is 120 Å². The third kappa shape index (κ3) is 2.62. The lowest BCUT2D eigenvalue weighted by Gasteiger charge is -2.32. The molecule has 1 saturated heterocycles. The number of ether oxygens (including phenoxy) is 1. The van der Waals surface area contributed by atoms with Gasteiger partial charge in [-0.1, -0.05) is 19.9 Å². The van der Waals surface area contributed by atoms with Crippen LogP contribution in [0.25, 0.3) is 0 Å². The molecule has 0 aromatic heterocycles. The third-order valence-electron chi connectivity index (χ3n) is 4.59. The number of carbonyl (C=O) groups excluding carboxylic acids is 1. The maximum atomic E-state index is 12.1. The molecule has 0 radical (unpaired) electrons. The number of carbonyl (C=O) groups is 1. The molecular weight excluding hydrogens is 258 g/mol. The zero-order valence-corrected chi connectivity index (χ0v) is 12.5. The second kappa shape index (κ2) is 5.84. The van der Waals surface area contributed by atoms with Crippen LogP contribution in [0.4, 0.5) is 0 Å². The molecule has 5 heteroatoms. The van der Waals surface area contributed by atoms with Crippen LogP contribution in [0.15, 0.2) is 11.6 Å². The molecule has 0 aromatic rings. The molecular formula is C15H25NO4. The summed E-state index contributed by atoms with van der Waals surface area (Å²) in [5, 5.41) is 20.0. The van der Waals surface area contributed by atoms with Crippen LogP contribution in [0.3, 0.4) is 0 Å². The largest absolute Gasteiger partial charge is 0.459 e. The van der Waals surface area contributed by atoms with E-state index < -0.39 is 23.6 Å². The molecule has 0 aromatic carbocycles. The first kappa shape index (κ1) is 15.5. The molecule has 3 atom stereocenters. The Hall–Kier alpha value is -0.910. The van der Waals surface area contributed by atoms with Gasteiger partial charge in [-0.3, -0.25) is 4.90 Å². The molecule has 0 aliphatic carbocycles. The highest BCUT2D eigenvalue weighted by molar-refractivity contribution is 5.80. The second-order valence-electron chi connectivity index (χ2n) is 6.16. The van der Waals surface area contributed by atoms with Crippen molar-refractivity contribution < 1.29 is 19.7 Å². The van der Waals surface area contributed by atoms with Crippen LogP contribution >= 0.6 is 0 Å². The van der Waals surface area contributed by atoms with Gasteiger partial charge >= 0.3 is 5.97 Å². The Kier molecular flexibility index (Phi) is 4.52. The van der Waals surface area contributed by atoms with E-state index in [1.54, 1.807) is 13.8 Å². The summed E-state index contributed by atoms with van der Waals surface area (Å²) in [5.41, 5.74) is -0.721. The fourth-order valence-electron chi connectivity index (χ4n) is 3.14. The lowest BCUT2D eigenvalue weighted by atomic mass is 9.85. The van der Waals surface area contributed by atoms with E-state index >= 15 is 0 Å². The van der Waals surface area contributed by atoms with Gasteiger partial charge in [-0.2, -0.15) is 0 Å². The summed E-state index contributed by atoms with van der Waals surface area (Å²) in [7, 11) is 0. The summed E-state index contributed by atoms with van der Waals surface area (Å²) in [5.74, 6) is -1.14. The van der Waals surface area contributed by atoms with Crippen molar-refractivity contribution in [3.63, 3.8) is 0 Å². The second-order valence-corrected chi connectivity index (χ2v) is 6.16. The van der Waals surface area contributed by atoms with Crippen molar-refractivity contribution in [3.8, 4) is 0 Å². The maximum absolute atomic E-state index is 12.1. The summed E-state index contributed by atoms with van der Waals surface area (Å²) in [4.78, 5) is 14.5. The Morgan fingerprint density at radius 2 is 2.25 bits per heavy atom. The van der Waals surface area contributed by atoms with Crippen LogP contribution in [0.2, 0.25) is 0 Å². The summed E-state index contributed by atoms with van der Waals surface area (Å²) < 4.78 is 5.28. The average Bonchev–Trinajstić information content (AvgIpc) is 2.97. The van der Waals surface area contributed by atoms with Gasteiger partial charge in [0.1, 0.15) is 6.61 Å². The fraction of sp³-hybridized carbons (Fsp3) is 0.800. The van der Waals surface area contributed by atoms with E-state index in [1.165, 1.54) is 13.3 Å². The van der Waals surface area contributed by atoms with Crippen LogP contribution in [-0.4, -0.2) is 58.5 Å². The Morgan fingerprint density at radius 3 is 2.85 bits per heavy atom. The van der Waals surface area contributed by atoms with Gasteiger partial charge in [0.2, 0.25) is 0 Å². The predicted octanol–water partition coefficient (Wildman–Crippen LogP) is 0.702. The van der Waals surface area contributed by atoms with Crippen molar-refractivity contribution in [1.29, 1.82) is 0 Å². The zero-order chi connectivity index (χ0) is 14.9. The number of rotatable bonds is 5. The minimum Gasteiger partial charge on any atom is -0.459 e. The SMILES string of the molecule is CC(C)[C@](O)(C(=O)OCC1=CCN2CCC[C@H]12)[C@H](C)O. The van der Waals surface area contributed by atoms with E-state index in [-0.39, 0.29) is 6.61 Å². The van der Waals surface area contributed by atoms with E-state index in [1.807, 2.05) is 0 Å². The van der Waals surface area contributed by atoms with Crippen molar-refractivity contribution in [2.75, 3.05) is 19.7 Å². The van der Waals surface area contributed by atoms with Gasteiger partial charge in [0, 0.05) is 12.6 Å². The molecule has 20 heavy (non-hydrogen) atoms. The summed E-state index contributed by atoms with van der Waals surface area (Å²) >= 11 is 0. The number of fused-ring (bicyclic) bond motifs is 1. The highest BCUT2D eigenvalue weighted by Crippen LogP contribution is 2.29. The van der Waals surface area contributed by atoms with E-state index in [4.69, 9.17) is 4.74 Å². The van der Waals surface area contributed by atoms with Gasteiger partial charge in [-0.15, -0.1) is 0 Å². The van der Waals surface area contributed by atoms with Gasteiger partial charge < -0.3 is 14.9 Å². The molecule has 2 aliphatic heterocycles. The molecule has 1 fully saturated rings. The molecule has 2 aliphatic rings. The molecule has 0 bridgehead atoms. The number of esters is 1. The van der Waals surface area contributed by atoms with Crippen LogP contribution in [0.5, 0.6) is 0 Å². The molecule has 0 saturated carbocycles. The Morgan fingerprint density at radius 1 is 1.55 bits per heavy atom. The first-order valence-corrected chi connectivity index (χ1v) is 7.38. The molecule has 114 valence electrons. The summed E-state index contributed by atoms with van der Waals surface area (Å²) in [6.45, 7) is 7.03. The first-order chi connectivity index (χ1) is 9.37. The topological polar surface area (TPSA) is 70.0 Å². The van der Waals surface area contributed by atoms with Crippen LogP contribution in [0, 0.1) is 5.92 Å². The van der Waals surface area contributed by atoms with E-state index in [2.05, 4.69) is 11.0 Å². The smallest absolute Gasteiger partial charge is 0.341 e. The van der Waals surface area contributed by atoms with Crippen LogP contribution < -0.4 is 0 Å². The molecule has 5 nitrogen and oxygen atoms in total. The third-order valence-corrected chi connectivity index (χ3v) is 4.59. The van der Waals surface area contributed by atoms with E-state index in [0.717, 1.165) is 25.1 Å². The first-order valence-electron chi connectivity index (χ1n) is 7.38. The molecule has 2 rings (SSSR count). The highest BCUT2D eigenvalue weighted by Gasteiger charge is 2.46. The molecule has 0 unspecified atom stereocenters. The highest BCUT2D eigenvalue weighted by atomic mass is 16.6. The van der Waals surface area contributed by atoms with Crippen molar-refractivity contribution in [2.24, 2.45) is 5.92 Å². The lowest BCUT2D eigenvalue weighted by molar-refractivity contribution is -0.183. The van der Waals surface area contributed by atoms with Gasteiger partial charge in [0.25, 0.3) is 0 Å². The number of nitrogens with zero attached hydrogens (tertiary/aromatic N) is 1. The lowest BCUT2D eigenvalue weighted by Crippen LogP contribution is -2.53. The van der Waals surface area contributed by atoms with E-state index in [9.17, 15) is 15.0 Å². The van der Waals surface area contributed by atoms with Crippen LogP contribution in [-0.2, 0) is 9.53 Å². The van der Waals surface area contributed by atoms with Gasteiger partial charge in [0.05, 0.1) is 6.10 Å². The van der Waals surface area contributed by atoms with Gasteiger partial charge in [-0.05, 0) is 37.8 Å². The van der Waals surface area contributed by atoms with E-state index in [0.29, 0.717) is 6.04 Å². The predicted molar refractivity (Wildman–Crippen MR) is 75.1 cm³/mol. The minimum absolute atomic E-state index is 0.210. The minimum atomic E-state index is -1.84. The Balaban J connectivity index is 1.95. The quantitative estimate of drug-likeness (QED) is 0.574. The molecule has 2 N–H and O–H groups in total. The van der Waals surface area contributed by atoms with Gasteiger partial charge in [0.15, 0.2) is 5.60 Å². The zero-order valence-electron chi connectivity index (χ0n) is 12.5. The van der Waals surface area contributed by atoms with Crippen LogP contribution in [0.1, 0.15) is 33.6 Å². The standard InChI is InChI=1S/C15H25NO4/c1-10(2)15(19,11(3)17)14(18)20-9-12-6-8-16-7-4-5-13(12)16/h6,10-11,13,17,19H,4-5,7-9H2,1-3H3/t11-,13+,15+/m0/s1. The maximum Gasteiger partial charge on any atom is 0.341 e. The fourth-order valence-corrected chi connectivity index (χ4v) is 3.14. The van der Waals surface area contributed by atoms with Crippen molar-refractivity contribution in [3.05, 3.63) is 11.6 Å². The number of hydrogen-bond acceptors (Lipinski definition) is 5. The summed E-state index contributed by atoms with van der Waals surface area (Å²) in [6.07, 6.45) is 3.23. The monoisotopic (exact) mass is 283 g/mol. The number of hydrogen-bond donors (Lipinski definition) is 2. The molecule has 0 spiro atoms. The van der Waals surface area contributed by atoms with Crippen molar-refractivity contribution >= 4 is 5.97 Å². The summed E-state index contributed by atoms with van der Waals surface area (Å²) in [6, 6.07) is 0.390. The molecule has 2 heterocycles. The molecule has 0 amide bonds. The normalized spacial score (nSPS) is 27.1. The van der Waals surface area contributed by atoms with Crippen molar-refractivity contribution in [1.82, 2.24) is 4.90 Å². The Bertz CT molecular complexity index is 395. The van der Waals surface area contributed by atoms with Gasteiger partial charge in [-0.25, -0.2) is 4.79 Å². The van der Waals surface area contributed by atoms with Crippen molar-refractivity contribution in [2.45, 2.75) is 51.4 Å². The number of aliphatic hydroxyl groups is 2. The average molecular weight is 283 g/mol.